The van der Waals surface area contributed by atoms with Crippen molar-refractivity contribution >= 4 is 5.97 Å². The molecule has 118 valence electrons. The maximum atomic E-state index is 11.3. The van der Waals surface area contributed by atoms with Crippen LogP contribution in [0.3, 0.4) is 0 Å². The van der Waals surface area contributed by atoms with Crippen molar-refractivity contribution < 1.29 is 28.8 Å². The molecule has 2 heterocycles. The Labute approximate surface area is 124 Å². The molecule has 1 fully saturated rings. The number of rotatable bonds is 7. The lowest BCUT2D eigenvalue weighted by molar-refractivity contribution is -0.141. The molecule has 2 aliphatic heterocycles. The van der Waals surface area contributed by atoms with E-state index in [0.717, 1.165) is 0 Å². The number of hydrogen-bond acceptors (Lipinski definition) is 6. The van der Waals surface area contributed by atoms with Crippen molar-refractivity contribution in [2.75, 3.05) is 0 Å². The van der Waals surface area contributed by atoms with Gasteiger partial charge in [-0.2, -0.15) is 0 Å². The molecule has 0 amide bonds. The van der Waals surface area contributed by atoms with Crippen molar-refractivity contribution in [2.45, 2.75) is 64.6 Å². The summed E-state index contributed by atoms with van der Waals surface area (Å²) in [6.45, 7) is 5.49. The summed E-state index contributed by atoms with van der Waals surface area (Å²) in [6, 6.07) is 0. The van der Waals surface area contributed by atoms with Gasteiger partial charge in [0, 0.05) is 12.5 Å². The van der Waals surface area contributed by atoms with E-state index in [-0.39, 0.29) is 42.3 Å². The largest absolute Gasteiger partial charge is 0.506 e. The first-order valence-corrected chi connectivity index (χ1v) is 7.23. The van der Waals surface area contributed by atoms with Gasteiger partial charge in [-0.25, -0.2) is 4.79 Å². The summed E-state index contributed by atoms with van der Waals surface area (Å²) >= 11 is 0. The molecule has 2 rings (SSSR count). The molecular formula is C15H22O6. The fourth-order valence-corrected chi connectivity index (χ4v) is 1.94. The number of ether oxygens (including phenoxy) is 4. The smallest absolute Gasteiger partial charge is 0.330 e. The first kappa shape index (κ1) is 15.7. The van der Waals surface area contributed by atoms with Gasteiger partial charge in [0.15, 0.2) is 5.76 Å². The molecule has 0 bridgehead atoms. The van der Waals surface area contributed by atoms with Crippen molar-refractivity contribution in [1.29, 1.82) is 0 Å². The van der Waals surface area contributed by atoms with Gasteiger partial charge < -0.3 is 24.1 Å². The van der Waals surface area contributed by atoms with Crippen molar-refractivity contribution in [3.8, 4) is 0 Å². The molecule has 0 spiro atoms. The second-order valence-corrected chi connectivity index (χ2v) is 5.49. The Kier molecular flexibility index (Phi) is 5.12. The molecule has 21 heavy (non-hydrogen) atoms. The highest BCUT2D eigenvalue weighted by atomic mass is 16.8. The van der Waals surface area contributed by atoms with Gasteiger partial charge in [0.1, 0.15) is 6.10 Å². The lowest BCUT2D eigenvalue weighted by Crippen LogP contribution is -2.17. The Hall–Kier alpha value is -1.69. The molecule has 0 aliphatic carbocycles. The fraction of sp³-hybridized carbons (Fsp3) is 0.667. The topological polar surface area (TPSA) is 77.5 Å². The number of epoxide rings is 1. The van der Waals surface area contributed by atoms with Crippen molar-refractivity contribution in [1.82, 2.24) is 0 Å². The minimum Gasteiger partial charge on any atom is -0.506 e. The van der Waals surface area contributed by atoms with Crippen LogP contribution in [-0.4, -0.2) is 35.7 Å². The minimum absolute atomic E-state index is 0.0254. The molecular weight excluding hydrogens is 276 g/mol. The van der Waals surface area contributed by atoms with Crippen LogP contribution in [0.4, 0.5) is 0 Å². The molecule has 2 aliphatic rings. The SMILES string of the molecule is CC(C)OC(=O)/C=C/CC[C@@H](C)OC1=C(O)C[C@H]2OC2O1. The number of allylic oxidation sites excluding steroid dienone is 1. The second-order valence-electron chi connectivity index (χ2n) is 5.49. The maximum absolute atomic E-state index is 11.3. The van der Waals surface area contributed by atoms with Gasteiger partial charge in [0.2, 0.25) is 6.29 Å². The lowest BCUT2D eigenvalue weighted by atomic mass is 10.2. The van der Waals surface area contributed by atoms with Crippen molar-refractivity contribution in [3.05, 3.63) is 23.9 Å². The van der Waals surface area contributed by atoms with Crippen LogP contribution >= 0.6 is 0 Å². The zero-order valence-electron chi connectivity index (χ0n) is 12.6. The van der Waals surface area contributed by atoms with Crippen LogP contribution in [0.15, 0.2) is 23.9 Å². The van der Waals surface area contributed by atoms with Gasteiger partial charge >= 0.3 is 11.9 Å². The van der Waals surface area contributed by atoms with E-state index < -0.39 is 0 Å². The van der Waals surface area contributed by atoms with Gasteiger partial charge in [-0.3, -0.25) is 0 Å². The number of aliphatic hydroxyl groups excluding tert-OH is 1. The Balaban J connectivity index is 1.67. The summed E-state index contributed by atoms with van der Waals surface area (Å²) in [7, 11) is 0. The van der Waals surface area contributed by atoms with Crippen molar-refractivity contribution in [3.63, 3.8) is 0 Å². The summed E-state index contributed by atoms with van der Waals surface area (Å²) in [4.78, 5) is 11.3. The molecule has 3 atom stereocenters. The van der Waals surface area contributed by atoms with Gasteiger partial charge in [-0.15, -0.1) is 0 Å². The standard InChI is InChI=1S/C15H22O6/c1-9(2)18-13(17)7-5-4-6-10(3)19-14-11(16)8-12-15(20-12)21-14/h5,7,9-10,12,15-16H,4,6,8H2,1-3H3/b7-5+/t10-,12-,15?/m1/s1. The number of carbonyl (C=O) groups is 1. The predicted octanol–water partition coefficient (Wildman–Crippen LogP) is 2.55. The van der Waals surface area contributed by atoms with Crippen molar-refractivity contribution in [2.24, 2.45) is 0 Å². The normalized spacial score (nSPS) is 25.5. The first-order valence-electron chi connectivity index (χ1n) is 7.23. The summed E-state index contributed by atoms with van der Waals surface area (Å²) in [5, 5.41) is 9.72. The Morgan fingerprint density at radius 1 is 1.48 bits per heavy atom. The summed E-state index contributed by atoms with van der Waals surface area (Å²) in [5.41, 5.74) is 0. The highest BCUT2D eigenvalue weighted by Gasteiger charge is 2.47. The Bertz CT molecular complexity index is 439. The van der Waals surface area contributed by atoms with E-state index in [2.05, 4.69) is 0 Å². The predicted molar refractivity (Wildman–Crippen MR) is 74.2 cm³/mol. The van der Waals surface area contributed by atoms with Crippen LogP contribution in [0.25, 0.3) is 0 Å². The average Bonchev–Trinajstić information content (AvgIpc) is 3.12. The molecule has 0 aromatic heterocycles. The van der Waals surface area contributed by atoms with Gasteiger partial charge in [0.05, 0.1) is 12.2 Å². The third kappa shape index (κ3) is 4.97. The van der Waals surface area contributed by atoms with Gasteiger partial charge in [0.25, 0.3) is 0 Å². The molecule has 1 unspecified atom stereocenters. The summed E-state index contributed by atoms with van der Waals surface area (Å²) < 4.78 is 21.0. The molecule has 6 heteroatoms. The monoisotopic (exact) mass is 298 g/mol. The molecule has 0 saturated carbocycles. The van der Waals surface area contributed by atoms with E-state index in [4.69, 9.17) is 18.9 Å². The molecule has 6 nitrogen and oxygen atoms in total. The minimum atomic E-state index is -0.341. The Morgan fingerprint density at radius 2 is 2.24 bits per heavy atom. The van der Waals surface area contributed by atoms with Gasteiger partial charge in [-0.05, 0) is 33.6 Å². The average molecular weight is 298 g/mol. The third-order valence-corrected chi connectivity index (χ3v) is 3.04. The molecule has 1 N–H and O–H groups in total. The van der Waals surface area contributed by atoms with E-state index in [0.29, 0.717) is 19.3 Å². The van der Waals surface area contributed by atoms with E-state index in [1.54, 1.807) is 19.9 Å². The number of aliphatic hydroxyl groups is 1. The van der Waals surface area contributed by atoms with Crippen LogP contribution in [0, 0.1) is 0 Å². The van der Waals surface area contributed by atoms with Crippen LogP contribution in [-0.2, 0) is 23.7 Å². The molecule has 0 aromatic carbocycles. The number of esters is 1. The highest BCUT2D eigenvalue weighted by molar-refractivity contribution is 5.81. The summed E-state index contributed by atoms with van der Waals surface area (Å²) in [6.07, 6.45) is 4.43. The highest BCUT2D eigenvalue weighted by Crippen LogP contribution is 2.37. The van der Waals surface area contributed by atoms with E-state index in [9.17, 15) is 9.90 Å². The van der Waals surface area contributed by atoms with Gasteiger partial charge in [-0.1, -0.05) is 6.08 Å². The molecule has 1 saturated heterocycles. The van der Waals surface area contributed by atoms with E-state index in [1.807, 2.05) is 6.92 Å². The second kappa shape index (κ2) is 6.85. The summed E-state index contributed by atoms with van der Waals surface area (Å²) in [5.74, 6) is -0.0902. The number of fused-ring (bicyclic) bond motifs is 1. The molecule has 0 aromatic rings. The zero-order valence-corrected chi connectivity index (χ0v) is 12.6. The Morgan fingerprint density at radius 3 is 2.95 bits per heavy atom. The zero-order chi connectivity index (χ0) is 15.4. The first-order chi connectivity index (χ1) is 9.95. The van der Waals surface area contributed by atoms with Crippen LogP contribution in [0.1, 0.15) is 40.0 Å². The van der Waals surface area contributed by atoms with Crippen LogP contribution in [0.2, 0.25) is 0 Å². The van der Waals surface area contributed by atoms with E-state index >= 15 is 0 Å². The maximum Gasteiger partial charge on any atom is 0.330 e. The van der Waals surface area contributed by atoms with Crippen LogP contribution in [0.5, 0.6) is 0 Å². The van der Waals surface area contributed by atoms with Crippen LogP contribution < -0.4 is 0 Å². The van der Waals surface area contributed by atoms with E-state index in [1.165, 1.54) is 6.08 Å². The lowest BCUT2D eigenvalue weighted by Gasteiger charge is -2.19. The fourth-order valence-electron chi connectivity index (χ4n) is 1.94. The molecule has 0 radical (unpaired) electrons. The quantitative estimate of drug-likeness (QED) is 0.442. The number of hydrogen-bond donors (Lipinski definition) is 1. The third-order valence-electron chi connectivity index (χ3n) is 3.04. The number of carbonyl (C=O) groups excluding carboxylic acids is 1.